The second kappa shape index (κ2) is 7.71. The molecule has 0 radical (unpaired) electrons. The number of aryl methyl sites for hydroxylation is 2. The van der Waals surface area contributed by atoms with Crippen LogP contribution in [0.5, 0.6) is 0 Å². The molecule has 3 aromatic carbocycles. The number of rotatable bonds is 5. The minimum atomic E-state index is -0.796. The first-order valence-corrected chi connectivity index (χ1v) is 8.02. The Morgan fingerprint density at radius 2 is 1.40 bits per heavy atom. The van der Waals surface area contributed by atoms with Crippen molar-refractivity contribution in [3.8, 4) is 0 Å². The summed E-state index contributed by atoms with van der Waals surface area (Å²) in [7, 11) is 0. The van der Waals surface area contributed by atoms with E-state index in [1.165, 1.54) is 6.07 Å². The second-order valence-electron chi connectivity index (χ2n) is 5.69. The predicted octanol–water partition coefficient (Wildman–Crippen LogP) is 5.00. The highest BCUT2D eigenvalue weighted by Gasteiger charge is 2.15. The molecule has 0 bridgehead atoms. The molecule has 0 atom stereocenters. The van der Waals surface area contributed by atoms with Crippen LogP contribution in [0.1, 0.15) is 21.5 Å². The molecule has 2 nitrogen and oxygen atoms in total. The lowest BCUT2D eigenvalue weighted by Crippen LogP contribution is -2.16. The molecule has 3 aromatic rings. The Morgan fingerprint density at radius 1 is 0.760 bits per heavy atom. The van der Waals surface area contributed by atoms with Crippen LogP contribution in [0.4, 0.5) is 14.5 Å². The Kier molecular flexibility index (Phi) is 5.19. The normalized spacial score (nSPS) is 10.5. The first-order chi connectivity index (χ1) is 12.1. The second-order valence-corrected chi connectivity index (χ2v) is 5.69. The molecule has 1 N–H and O–H groups in total. The van der Waals surface area contributed by atoms with Crippen molar-refractivity contribution in [2.45, 2.75) is 12.8 Å². The number of nitrogens with one attached hydrogen (secondary N) is 1. The number of carbonyl (C=O) groups is 1. The van der Waals surface area contributed by atoms with E-state index in [0.717, 1.165) is 29.7 Å². The number of hydrogen-bond acceptors (Lipinski definition) is 1. The lowest BCUT2D eigenvalue weighted by Gasteiger charge is -2.11. The van der Waals surface area contributed by atoms with Gasteiger partial charge in [0.25, 0.3) is 5.91 Å². The van der Waals surface area contributed by atoms with E-state index in [1.807, 2.05) is 42.5 Å². The van der Waals surface area contributed by atoms with Gasteiger partial charge in [-0.05, 0) is 42.2 Å². The fourth-order valence-electron chi connectivity index (χ4n) is 2.68. The van der Waals surface area contributed by atoms with Crippen LogP contribution in [0, 0.1) is 11.6 Å². The molecule has 1 amide bonds. The van der Waals surface area contributed by atoms with Gasteiger partial charge in [-0.2, -0.15) is 0 Å². The molecular formula is C21H17F2NO. The SMILES string of the molecule is O=C(Nc1c(F)cccc1F)c1ccccc1CCc1ccccc1. The number of hydrogen-bond donors (Lipinski definition) is 1. The third-order valence-electron chi connectivity index (χ3n) is 3.99. The van der Waals surface area contributed by atoms with Crippen LogP contribution in [-0.2, 0) is 12.8 Å². The number of amides is 1. The van der Waals surface area contributed by atoms with Gasteiger partial charge in [0, 0.05) is 5.56 Å². The van der Waals surface area contributed by atoms with Crippen molar-refractivity contribution >= 4 is 11.6 Å². The van der Waals surface area contributed by atoms with Gasteiger partial charge >= 0.3 is 0 Å². The molecule has 0 aliphatic carbocycles. The zero-order valence-electron chi connectivity index (χ0n) is 13.5. The number of anilines is 1. The van der Waals surface area contributed by atoms with E-state index in [9.17, 15) is 13.6 Å². The molecule has 0 fully saturated rings. The minimum absolute atomic E-state index is 0.418. The van der Waals surface area contributed by atoms with Gasteiger partial charge in [-0.3, -0.25) is 4.79 Å². The summed E-state index contributed by atoms with van der Waals surface area (Å²) >= 11 is 0. The van der Waals surface area contributed by atoms with Gasteiger partial charge in [0.1, 0.15) is 17.3 Å². The number of para-hydroxylation sites is 1. The lowest BCUT2D eigenvalue weighted by molar-refractivity contribution is 0.102. The van der Waals surface area contributed by atoms with Crippen molar-refractivity contribution in [3.05, 3.63) is 101 Å². The molecule has 0 spiro atoms. The van der Waals surface area contributed by atoms with E-state index in [2.05, 4.69) is 5.32 Å². The van der Waals surface area contributed by atoms with Gasteiger partial charge in [0.2, 0.25) is 0 Å². The van der Waals surface area contributed by atoms with Crippen LogP contribution >= 0.6 is 0 Å². The topological polar surface area (TPSA) is 29.1 Å². The average Bonchev–Trinajstić information content (AvgIpc) is 2.64. The standard InChI is InChI=1S/C21H17F2NO/c22-18-11-6-12-19(23)20(18)24-21(25)17-10-5-4-9-16(17)14-13-15-7-2-1-3-8-15/h1-12H,13-14H2,(H,24,25). The molecule has 0 unspecified atom stereocenters. The molecule has 4 heteroatoms. The molecule has 0 heterocycles. The van der Waals surface area contributed by atoms with Crippen molar-refractivity contribution in [2.75, 3.05) is 5.32 Å². The Morgan fingerprint density at radius 3 is 2.12 bits per heavy atom. The predicted molar refractivity (Wildman–Crippen MR) is 94.6 cm³/mol. The Bertz CT molecular complexity index is 858. The highest BCUT2D eigenvalue weighted by Crippen LogP contribution is 2.20. The molecular weight excluding hydrogens is 320 g/mol. The molecule has 0 aromatic heterocycles. The van der Waals surface area contributed by atoms with Gasteiger partial charge < -0.3 is 5.32 Å². The summed E-state index contributed by atoms with van der Waals surface area (Å²) in [6.45, 7) is 0. The zero-order valence-corrected chi connectivity index (χ0v) is 13.5. The molecule has 0 aliphatic heterocycles. The van der Waals surface area contributed by atoms with E-state index >= 15 is 0 Å². The first-order valence-electron chi connectivity index (χ1n) is 8.02. The van der Waals surface area contributed by atoms with E-state index in [0.29, 0.717) is 12.0 Å². The first kappa shape index (κ1) is 16.8. The van der Waals surface area contributed by atoms with Crippen LogP contribution in [0.3, 0.4) is 0 Å². The van der Waals surface area contributed by atoms with Crippen LogP contribution in [-0.4, -0.2) is 5.91 Å². The summed E-state index contributed by atoms with van der Waals surface area (Å²) in [4.78, 5) is 12.5. The fourth-order valence-corrected chi connectivity index (χ4v) is 2.68. The van der Waals surface area contributed by atoms with Crippen molar-refractivity contribution in [3.63, 3.8) is 0 Å². The maximum atomic E-state index is 13.7. The van der Waals surface area contributed by atoms with Gasteiger partial charge in [0.05, 0.1) is 0 Å². The lowest BCUT2D eigenvalue weighted by atomic mass is 9.99. The summed E-state index contributed by atoms with van der Waals surface area (Å²) in [5, 5.41) is 2.34. The van der Waals surface area contributed by atoms with Crippen molar-refractivity contribution in [2.24, 2.45) is 0 Å². The van der Waals surface area contributed by atoms with Gasteiger partial charge in [0.15, 0.2) is 0 Å². The van der Waals surface area contributed by atoms with E-state index in [1.54, 1.807) is 12.1 Å². The van der Waals surface area contributed by atoms with Crippen molar-refractivity contribution in [1.29, 1.82) is 0 Å². The quantitative estimate of drug-likeness (QED) is 0.697. The van der Waals surface area contributed by atoms with Crippen LogP contribution < -0.4 is 5.32 Å². The van der Waals surface area contributed by atoms with Gasteiger partial charge in [-0.1, -0.05) is 54.6 Å². The molecule has 0 saturated heterocycles. The molecule has 3 rings (SSSR count). The number of benzene rings is 3. The van der Waals surface area contributed by atoms with E-state index in [4.69, 9.17) is 0 Å². The zero-order chi connectivity index (χ0) is 17.6. The monoisotopic (exact) mass is 337 g/mol. The Hall–Kier alpha value is -3.01. The van der Waals surface area contributed by atoms with E-state index < -0.39 is 23.2 Å². The molecule has 0 aliphatic rings. The summed E-state index contributed by atoms with van der Waals surface area (Å²) in [6, 6.07) is 20.5. The molecule has 25 heavy (non-hydrogen) atoms. The van der Waals surface area contributed by atoms with Crippen LogP contribution in [0.25, 0.3) is 0 Å². The number of halogens is 2. The largest absolute Gasteiger partial charge is 0.317 e. The van der Waals surface area contributed by atoms with E-state index in [-0.39, 0.29) is 0 Å². The minimum Gasteiger partial charge on any atom is -0.317 e. The maximum absolute atomic E-state index is 13.7. The smallest absolute Gasteiger partial charge is 0.256 e. The Balaban J connectivity index is 1.79. The summed E-state index contributed by atoms with van der Waals surface area (Å²) in [5.41, 5.74) is 1.99. The van der Waals surface area contributed by atoms with Crippen molar-refractivity contribution in [1.82, 2.24) is 0 Å². The average molecular weight is 337 g/mol. The third-order valence-corrected chi connectivity index (χ3v) is 3.99. The summed E-state index contributed by atoms with van der Waals surface area (Å²) in [6.07, 6.45) is 1.44. The maximum Gasteiger partial charge on any atom is 0.256 e. The Labute approximate surface area is 145 Å². The van der Waals surface area contributed by atoms with Crippen molar-refractivity contribution < 1.29 is 13.6 Å². The summed E-state index contributed by atoms with van der Waals surface area (Å²) in [5.74, 6) is -2.11. The fraction of sp³-hybridized carbons (Fsp3) is 0.0952. The number of carbonyl (C=O) groups excluding carboxylic acids is 1. The highest BCUT2D eigenvalue weighted by molar-refractivity contribution is 6.05. The molecule has 0 saturated carbocycles. The van der Waals surface area contributed by atoms with Gasteiger partial charge in [-0.15, -0.1) is 0 Å². The molecule has 126 valence electrons. The van der Waals surface area contributed by atoms with Gasteiger partial charge in [-0.25, -0.2) is 8.78 Å². The third kappa shape index (κ3) is 4.10. The van der Waals surface area contributed by atoms with Crippen LogP contribution in [0.15, 0.2) is 72.8 Å². The highest BCUT2D eigenvalue weighted by atomic mass is 19.1. The summed E-state index contributed by atoms with van der Waals surface area (Å²) < 4.78 is 27.5. The van der Waals surface area contributed by atoms with Crippen LogP contribution in [0.2, 0.25) is 0 Å².